The van der Waals surface area contributed by atoms with E-state index in [1.807, 2.05) is 0 Å². The normalized spacial score (nSPS) is 11.8. The zero-order chi connectivity index (χ0) is 14.4. The Bertz CT molecular complexity index is 630. The third-order valence-corrected chi connectivity index (χ3v) is 2.67. The third-order valence-electron chi connectivity index (χ3n) is 2.67. The van der Waals surface area contributed by atoms with Gasteiger partial charge in [-0.2, -0.15) is 13.2 Å². The van der Waals surface area contributed by atoms with E-state index >= 15 is 0 Å². The van der Waals surface area contributed by atoms with Crippen molar-refractivity contribution in [1.82, 2.24) is 9.66 Å². The minimum absolute atomic E-state index is 0.116. The molecule has 0 amide bonds. The first kappa shape index (κ1) is 13.2. The van der Waals surface area contributed by atoms with E-state index in [1.54, 1.807) is 0 Å². The molecule has 1 aromatic carbocycles. The smallest absolute Gasteiger partial charge is 0.382 e. The van der Waals surface area contributed by atoms with E-state index in [2.05, 4.69) is 4.98 Å². The third kappa shape index (κ3) is 2.20. The summed E-state index contributed by atoms with van der Waals surface area (Å²) in [6.07, 6.45) is -4.71. The summed E-state index contributed by atoms with van der Waals surface area (Å²) in [6.45, 7) is 1.50. The minimum Gasteiger partial charge on any atom is -0.382 e. The van der Waals surface area contributed by atoms with Crippen molar-refractivity contribution in [1.29, 1.82) is 0 Å². The molecule has 1 aromatic heterocycles. The number of halogens is 4. The average Bonchev–Trinajstić information content (AvgIpc) is 2.56. The molecule has 1 heterocycles. The van der Waals surface area contributed by atoms with Crippen LogP contribution in [0.3, 0.4) is 0 Å². The molecule has 0 unspecified atom stereocenters. The van der Waals surface area contributed by atoms with Crippen LogP contribution in [0.5, 0.6) is 0 Å². The van der Waals surface area contributed by atoms with Gasteiger partial charge in [0, 0.05) is 5.56 Å². The topological polar surface area (TPSA) is 69.9 Å². The summed E-state index contributed by atoms with van der Waals surface area (Å²) in [6, 6.07) is 2.30. The van der Waals surface area contributed by atoms with Gasteiger partial charge in [-0.25, -0.2) is 14.1 Å². The summed E-state index contributed by atoms with van der Waals surface area (Å²) in [5.74, 6) is 4.65. The molecule has 4 N–H and O–H groups in total. The van der Waals surface area contributed by atoms with Crippen molar-refractivity contribution in [2.24, 2.45) is 0 Å². The number of imidazole rings is 1. The highest BCUT2D eigenvalue weighted by Gasteiger charge is 2.35. The number of nitrogens with zero attached hydrogens (tertiary/aromatic N) is 2. The van der Waals surface area contributed by atoms with Crippen molar-refractivity contribution in [2.45, 2.75) is 13.1 Å². The van der Waals surface area contributed by atoms with Gasteiger partial charge in [0.2, 0.25) is 0 Å². The molecule has 0 spiro atoms. The number of hydrogen-bond donors (Lipinski definition) is 2. The lowest BCUT2D eigenvalue weighted by atomic mass is 10.0. The molecule has 0 saturated heterocycles. The highest BCUT2D eigenvalue weighted by atomic mass is 19.4. The fourth-order valence-electron chi connectivity index (χ4n) is 1.72. The van der Waals surface area contributed by atoms with Gasteiger partial charge in [-0.15, -0.1) is 0 Å². The number of nitrogen functional groups attached to an aromatic ring is 2. The first-order valence-electron chi connectivity index (χ1n) is 5.19. The zero-order valence-corrected chi connectivity index (χ0v) is 9.79. The summed E-state index contributed by atoms with van der Waals surface area (Å²) in [5.41, 5.74) is 4.03. The predicted molar refractivity (Wildman–Crippen MR) is 61.9 cm³/mol. The van der Waals surface area contributed by atoms with E-state index in [9.17, 15) is 17.6 Å². The highest BCUT2D eigenvalue weighted by Crippen LogP contribution is 2.38. The first-order chi connectivity index (χ1) is 8.71. The molecule has 4 nitrogen and oxygen atoms in total. The molecular weight excluding hydrogens is 264 g/mol. The summed E-state index contributed by atoms with van der Waals surface area (Å²) < 4.78 is 52.6. The average molecular weight is 274 g/mol. The lowest BCUT2D eigenvalue weighted by Gasteiger charge is -2.12. The molecule has 0 aliphatic rings. The molecule has 2 rings (SSSR count). The van der Waals surface area contributed by atoms with Gasteiger partial charge in [0.1, 0.15) is 17.3 Å². The van der Waals surface area contributed by atoms with Gasteiger partial charge in [-0.1, -0.05) is 0 Å². The fraction of sp³-hybridized carbons (Fsp3) is 0.182. The minimum atomic E-state index is -4.71. The first-order valence-corrected chi connectivity index (χ1v) is 5.19. The summed E-state index contributed by atoms with van der Waals surface area (Å²) in [4.78, 5) is 3.87. The van der Waals surface area contributed by atoms with Crippen molar-refractivity contribution in [2.75, 3.05) is 11.6 Å². The van der Waals surface area contributed by atoms with Crippen molar-refractivity contribution in [3.8, 4) is 11.3 Å². The Labute approximate surface area is 105 Å². The van der Waals surface area contributed by atoms with E-state index in [1.165, 1.54) is 6.92 Å². The van der Waals surface area contributed by atoms with Gasteiger partial charge in [0.25, 0.3) is 0 Å². The van der Waals surface area contributed by atoms with Crippen molar-refractivity contribution < 1.29 is 17.6 Å². The van der Waals surface area contributed by atoms with Crippen molar-refractivity contribution in [3.05, 3.63) is 35.4 Å². The maximum absolute atomic E-state index is 13.0. The van der Waals surface area contributed by atoms with Gasteiger partial charge in [0.15, 0.2) is 5.82 Å². The van der Waals surface area contributed by atoms with Crippen LogP contribution in [0.4, 0.5) is 23.4 Å². The van der Waals surface area contributed by atoms with Crippen LogP contribution >= 0.6 is 0 Å². The quantitative estimate of drug-likeness (QED) is 0.619. The van der Waals surface area contributed by atoms with Gasteiger partial charge in [0.05, 0.1) is 5.56 Å². The Morgan fingerprint density at radius 2 is 1.89 bits per heavy atom. The Hall–Kier alpha value is -2.25. The van der Waals surface area contributed by atoms with Gasteiger partial charge >= 0.3 is 6.18 Å². The molecule has 0 atom stereocenters. The van der Waals surface area contributed by atoms with E-state index in [-0.39, 0.29) is 22.9 Å². The Kier molecular flexibility index (Phi) is 2.88. The maximum atomic E-state index is 13.0. The SMILES string of the molecule is Cc1nc(-c2ccc(F)cc2C(F)(F)F)c(N)n1N. The van der Waals surface area contributed by atoms with Crippen LogP contribution in [0.15, 0.2) is 18.2 Å². The van der Waals surface area contributed by atoms with Crippen LogP contribution in [-0.2, 0) is 6.18 Å². The van der Waals surface area contributed by atoms with E-state index in [0.29, 0.717) is 6.07 Å². The second-order valence-corrected chi connectivity index (χ2v) is 3.95. The molecule has 2 aromatic rings. The monoisotopic (exact) mass is 274 g/mol. The van der Waals surface area contributed by atoms with Gasteiger partial charge in [-0.05, 0) is 25.1 Å². The molecule has 0 fully saturated rings. The second kappa shape index (κ2) is 4.15. The van der Waals surface area contributed by atoms with Crippen LogP contribution in [0.25, 0.3) is 11.3 Å². The molecule has 0 radical (unpaired) electrons. The number of aryl methyl sites for hydroxylation is 1. The van der Waals surface area contributed by atoms with Crippen molar-refractivity contribution in [3.63, 3.8) is 0 Å². The Morgan fingerprint density at radius 3 is 2.37 bits per heavy atom. The lowest BCUT2D eigenvalue weighted by Crippen LogP contribution is -2.13. The summed E-state index contributed by atoms with van der Waals surface area (Å²) >= 11 is 0. The van der Waals surface area contributed by atoms with Gasteiger partial charge < -0.3 is 11.6 Å². The number of aromatic nitrogens is 2. The molecule has 0 saturated carbocycles. The van der Waals surface area contributed by atoms with Crippen molar-refractivity contribution >= 4 is 5.82 Å². The number of rotatable bonds is 1. The standard InChI is InChI=1S/C11H10F4N4/c1-5-18-9(10(16)19(5)17)7-3-2-6(12)4-8(7)11(13,14)15/h2-4H,16-17H2,1H3. The number of anilines is 1. The number of hydrogen-bond acceptors (Lipinski definition) is 3. The van der Waals surface area contributed by atoms with Gasteiger partial charge in [-0.3, -0.25) is 0 Å². The summed E-state index contributed by atoms with van der Waals surface area (Å²) in [5, 5.41) is 0. The zero-order valence-electron chi connectivity index (χ0n) is 9.79. The molecule has 0 aliphatic heterocycles. The molecule has 0 aliphatic carbocycles. The molecule has 0 bridgehead atoms. The van der Waals surface area contributed by atoms with Crippen LogP contribution < -0.4 is 11.6 Å². The predicted octanol–water partition coefficient (Wildman–Crippen LogP) is 2.31. The Morgan fingerprint density at radius 1 is 1.26 bits per heavy atom. The maximum Gasteiger partial charge on any atom is 0.417 e. The highest BCUT2D eigenvalue weighted by molar-refractivity contribution is 5.74. The molecule has 102 valence electrons. The summed E-state index contributed by atoms with van der Waals surface area (Å²) in [7, 11) is 0. The number of benzene rings is 1. The fourth-order valence-corrected chi connectivity index (χ4v) is 1.72. The second-order valence-electron chi connectivity index (χ2n) is 3.95. The van der Waals surface area contributed by atoms with E-state index in [4.69, 9.17) is 11.6 Å². The largest absolute Gasteiger partial charge is 0.417 e. The van der Waals surface area contributed by atoms with E-state index < -0.39 is 17.6 Å². The van der Waals surface area contributed by atoms with Crippen LogP contribution in [-0.4, -0.2) is 9.66 Å². The Balaban J connectivity index is 2.72. The molecule has 8 heteroatoms. The van der Waals surface area contributed by atoms with Crippen LogP contribution in [0.2, 0.25) is 0 Å². The van der Waals surface area contributed by atoms with Crippen LogP contribution in [0.1, 0.15) is 11.4 Å². The number of alkyl halides is 3. The molecular formula is C11H10F4N4. The number of nitrogens with two attached hydrogens (primary N) is 2. The lowest BCUT2D eigenvalue weighted by molar-refractivity contribution is -0.137. The molecule has 19 heavy (non-hydrogen) atoms. The van der Waals surface area contributed by atoms with Crippen LogP contribution in [0, 0.1) is 12.7 Å². The van der Waals surface area contributed by atoms with E-state index in [0.717, 1.165) is 16.8 Å².